The van der Waals surface area contributed by atoms with Gasteiger partial charge < -0.3 is 15.0 Å². The largest absolute Gasteiger partial charge is 0.477 e. The lowest BCUT2D eigenvalue weighted by Crippen LogP contribution is -2.43. The fourth-order valence-electron chi connectivity index (χ4n) is 3.95. The van der Waals surface area contributed by atoms with Gasteiger partial charge in [-0.15, -0.1) is 0 Å². The van der Waals surface area contributed by atoms with Gasteiger partial charge in [-0.1, -0.05) is 24.6 Å². The van der Waals surface area contributed by atoms with E-state index in [1.807, 2.05) is 6.92 Å². The number of nitrogens with one attached hydrogen (secondary N) is 2. The number of aromatic nitrogens is 1. The van der Waals surface area contributed by atoms with E-state index in [4.69, 9.17) is 5.41 Å². The number of unbranched alkanes of at least 4 members (excludes halogenated alkanes) is 1. The highest BCUT2D eigenvalue weighted by Crippen LogP contribution is 2.29. The third-order valence-corrected chi connectivity index (χ3v) is 5.53. The van der Waals surface area contributed by atoms with E-state index < -0.39 is 11.7 Å². The molecule has 0 spiro atoms. The van der Waals surface area contributed by atoms with Crippen LogP contribution in [-0.4, -0.2) is 45.7 Å². The van der Waals surface area contributed by atoms with Crippen LogP contribution in [0.1, 0.15) is 42.2 Å². The molecule has 3 N–H and O–H groups in total. The predicted octanol–water partition coefficient (Wildman–Crippen LogP) is 4.06. The van der Waals surface area contributed by atoms with Gasteiger partial charge >= 0.3 is 5.97 Å². The van der Waals surface area contributed by atoms with Gasteiger partial charge in [0.05, 0.1) is 0 Å². The quantitative estimate of drug-likeness (QED) is 0.451. The number of aliphatic carboxylic acids is 1. The molecule has 0 bridgehead atoms. The number of amides is 1. The number of H-pyrrole nitrogens is 1. The molecule has 0 aliphatic carbocycles. The van der Waals surface area contributed by atoms with Gasteiger partial charge in [0.1, 0.15) is 17.2 Å². The highest BCUT2D eigenvalue weighted by Gasteiger charge is 2.31. The molecule has 158 valence electrons. The van der Waals surface area contributed by atoms with E-state index in [0.717, 1.165) is 30.4 Å². The molecular weight excluding hydrogens is 385 g/mol. The molecule has 0 saturated heterocycles. The van der Waals surface area contributed by atoms with Crippen molar-refractivity contribution in [3.05, 3.63) is 70.8 Å². The van der Waals surface area contributed by atoms with Crippen LogP contribution in [0.25, 0.3) is 0 Å². The van der Waals surface area contributed by atoms with Gasteiger partial charge in [0, 0.05) is 24.9 Å². The van der Waals surface area contributed by atoms with Crippen LogP contribution in [0.4, 0.5) is 4.39 Å². The molecule has 1 amide bonds. The molecule has 0 radical (unpaired) electrons. The monoisotopic (exact) mass is 411 g/mol. The molecule has 0 saturated carbocycles. The number of hydrogen-bond donors (Lipinski definition) is 3. The fourth-order valence-corrected chi connectivity index (χ4v) is 3.95. The molecule has 6 nitrogen and oxygen atoms in total. The van der Waals surface area contributed by atoms with Crippen LogP contribution in [-0.2, 0) is 11.2 Å². The lowest BCUT2D eigenvalue weighted by molar-refractivity contribution is -0.129. The zero-order valence-electron chi connectivity index (χ0n) is 17.0. The maximum Gasteiger partial charge on any atom is 0.354 e. The van der Waals surface area contributed by atoms with E-state index in [2.05, 4.69) is 4.98 Å². The Balaban J connectivity index is 1.70. The second-order valence-electron chi connectivity index (χ2n) is 7.69. The Morgan fingerprint density at radius 1 is 1.20 bits per heavy atom. The number of carbonyl (C=O) groups is 2. The maximum absolute atomic E-state index is 13.0. The van der Waals surface area contributed by atoms with Crippen LogP contribution in [0.5, 0.6) is 0 Å². The van der Waals surface area contributed by atoms with Gasteiger partial charge in [0.15, 0.2) is 0 Å². The average Bonchev–Trinajstić information content (AvgIpc) is 3.26. The molecule has 1 aromatic heterocycles. The van der Waals surface area contributed by atoms with Crippen molar-refractivity contribution in [1.29, 1.82) is 5.41 Å². The number of hydrogen-bond acceptors (Lipinski definition) is 3. The first-order valence-electron chi connectivity index (χ1n) is 10.1. The minimum Gasteiger partial charge on any atom is -0.477 e. The van der Waals surface area contributed by atoms with Gasteiger partial charge in [-0.2, -0.15) is 0 Å². The van der Waals surface area contributed by atoms with Crippen molar-refractivity contribution in [2.24, 2.45) is 5.92 Å². The molecule has 30 heavy (non-hydrogen) atoms. The van der Waals surface area contributed by atoms with Gasteiger partial charge in [0.2, 0.25) is 0 Å². The summed E-state index contributed by atoms with van der Waals surface area (Å²) in [5.41, 5.74) is 2.44. The van der Waals surface area contributed by atoms with Crippen molar-refractivity contribution < 1.29 is 19.1 Å². The molecule has 2 heterocycles. The highest BCUT2D eigenvalue weighted by molar-refractivity contribution is 6.41. The average molecular weight is 411 g/mol. The van der Waals surface area contributed by atoms with E-state index in [0.29, 0.717) is 24.2 Å². The number of benzene rings is 1. The van der Waals surface area contributed by atoms with E-state index >= 15 is 0 Å². The summed E-state index contributed by atoms with van der Waals surface area (Å²) in [5.74, 6) is -1.76. The van der Waals surface area contributed by atoms with Crippen LogP contribution in [0.2, 0.25) is 0 Å². The summed E-state index contributed by atoms with van der Waals surface area (Å²) in [6.07, 6.45) is 4.87. The van der Waals surface area contributed by atoms with Crippen LogP contribution in [0.3, 0.4) is 0 Å². The number of carboxylic acid groups (broad SMARTS) is 1. The lowest BCUT2D eigenvalue weighted by Gasteiger charge is -2.35. The lowest BCUT2D eigenvalue weighted by atomic mass is 9.85. The molecule has 0 fully saturated rings. The Labute approximate surface area is 174 Å². The van der Waals surface area contributed by atoms with Crippen molar-refractivity contribution in [3.8, 4) is 0 Å². The maximum atomic E-state index is 13.0. The normalized spacial score (nSPS) is 16.6. The van der Waals surface area contributed by atoms with Crippen molar-refractivity contribution >= 4 is 17.6 Å². The number of nitrogens with zero attached hydrogens (tertiary/aromatic N) is 1. The molecule has 2 aromatic rings. The first-order chi connectivity index (χ1) is 14.4. The molecule has 7 heteroatoms. The van der Waals surface area contributed by atoms with Crippen LogP contribution in [0.15, 0.2) is 53.7 Å². The number of halogens is 1. The van der Waals surface area contributed by atoms with Crippen LogP contribution < -0.4 is 0 Å². The van der Waals surface area contributed by atoms with Gasteiger partial charge in [-0.3, -0.25) is 10.2 Å². The summed E-state index contributed by atoms with van der Waals surface area (Å²) >= 11 is 0. The number of carbonyl (C=O) groups excluding carboxylic acids is 1. The summed E-state index contributed by atoms with van der Waals surface area (Å²) in [4.78, 5) is 28.7. The second-order valence-corrected chi connectivity index (χ2v) is 7.69. The van der Waals surface area contributed by atoms with Crippen LogP contribution in [0, 0.1) is 17.1 Å². The third kappa shape index (κ3) is 5.03. The molecule has 1 atom stereocenters. The zero-order valence-corrected chi connectivity index (χ0v) is 17.0. The molecule has 1 aliphatic rings. The number of aryl methyl sites for hydroxylation is 1. The summed E-state index contributed by atoms with van der Waals surface area (Å²) in [7, 11) is 0. The Hall–Kier alpha value is -3.22. The van der Waals surface area contributed by atoms with Crippen molar-refractivity contribution in [1.82, 2.24) is 9.88 Å². The third-order valence-electron chi connectivity index (χ3n) is 5.53. The Kier molecular flexibility index (Phi) is 6.82. The Bertz CT molecular complexity index is 949. The molecule has 1 aromatic carbocycles. The van der Waals surface area contributed by atoms with E-state index in [1.165, 1.54) is 12.1 Å². The first-order valence-corrected chi connectivity index (χ1v) is 10.1. The Morgan fingerprint density at radius 3 is 2.53 bits per heavy atom. The minimum atomic E-state index is -1.28. The summed E-state index contributed by atoms with van der Waals surface area (Å²) in [6.45, 7) is 2.58. The van der Waals surface area contributed by atoms with Crippen molar-refractivity contribution in [2.75, 3.05) is 13.1 Å². The molecule has 1 unspecified atom stereocenters. The summed E-state index contributed by atoms with van der Waals surface area (Å²) in [6, 6.07) is 9.86. The van der Waals surface area contributed by atoms with E-state index in [9.17, 15) is 19.1 Å². The van der Waals surface area contributed by atoms with Crippen molar-refractivity contribution in [2.45, 2.75) is 32.6 Å². The van der Waals surface area contributed by atoms with E-state index in [-0.39, 0.29) is 24.2 Å². The smallest absolute Gasteiger partial charge is 0.354 e. The van der Waals surface area contributed by atoms with Gasteiger partial charge in [-0.25, -0.2) is 9.18 Å². The Morgan fingerprint density at radius 2 is 1.90 bits per heavy atom. The van der Waals surface area contributed by atoms with Crippen molar-refractivity contribution in [3.63, 3.8) is 0 Å². The first kappa shape index (κ1) is 21.5. The number of carboxylic acids is 1. The molecule has 1 aliphatic heterocycles. The minimum absolute atomic E-state index is 0.0295. The van der Waals surface area contributed by atoms with Gasteiger partial charge in [-0.05, 0) is 61.4 Å². The summed E-state index contributed by atoms with van der Waals surface area (Å²) in [5, 5.41) is 17.5. The predicted molar refractivity (Wildman–Crippen MR) is 112 cm³/mol. The number of aromatic amines is 1. The standard InChI is InChI=1S/C23H26FN3O3/c1-15-13-27(22(28)20-7-4-12-26-20)14-19(21(25)23(29)30)18(15)6-3-2-5-16-8-10-17(24)11-9-16/h4,7-12,15,25-26H,2-3,5-6,13-14H2,1H3,(H,29,30). The summed E-state index contributed by atoms with van der Waals surface area (Å²) < 4.78 is 13.0. The SMILES string of the molecule is CC1CN(C(=O)c2ccc[nH]2)CC(C(=N)C(=O)O)=C1CCCCc1ccc(F)cc1. The molecular formula is C23H26FN3O3. The van der Waals surface area contributed by atoms with E-state index in [1.54, 1.807) is 35.4 Å². The zero-order chi connectivity index (χ0) is 21.7. The highest BCUT2D eigenvalue weighted by atomic mass is 19.1. The fraction of sp³-hybridized carbons (Fsp3) is 0.348. The topological polar surface area (TPSA) is 97.3 Å². The van der Waals surface area contributed by atoms with Gasteiger partial charge in [0.25, 0.3) is 5.91 Å². The van der Waals surface area contributed by atoms with Crippen LogP contribution >= 0.6 is 0 Å². The number of rotatable bonds is 8. The molecule has 3 rings (SSSR count). The second kappa shape index (κ2) is 9.52.